The Morgan fingerprint density at radius 2 is 2.00 bits per heavy atom. The molecule has 0 saturated heterocycles. The number of hydrogen-bond donors (Lipinski definition) is 2. The number of benzene rings is 1. The van der Waals surface area contributed by atoms with Crippen LogP contribution in [0.1, 0.15) is 33.1 Å². The van der Waals surface area contributed by atoms with Crippen molar-refractivity contribution in [3.63, 3.8) is 0 Å². The number of carbonyl (C=O) groups is 2. The minimum atomic E-state index is -0.939. The number of nitrogens with one attached hydrogen (secondary N) is 1. The molecule has 1 aromatic heterocycles. The molecule has 7 heteroatoms. The Hall–Kier alpha value is -2.25. The van der Waals surface area contributed by atoms with Gasteiger partial charge in [0.05, 0.1) is 24.1 Å². The van der Waals surface area contributed by atoms with Crippen LogP contribution in [0.15, 0.2) is 24.3 Å². The molecule has 2 N–H and O–H groups in total. The predicted molar refractivity (Wildman–Crippen MR) is 103 cm³/mol. The summed E-state index contributed by atoms with van der Waals surface area (Å²) in [6.07, 6.45) is 1.72. The number of nitrogens with zero attached hydrogens (tertiary/aromatic N) is 2. The van der Waals surface area contributed by atoms with Gasteiger partial charge in [-0.15, -0.1) is 11.3 Å². The molecule has 0 fully saturated rings. The first-order chi connectivity index (χ1) is 12.9. The summed E-state index contributed by atoms with van der Waals surface area (Å²) in [4.78, 5) is 32.7. The number of likely N-dealkylation sites (N-methyl/N-ethyl adjacent to an activating group) is 1. The molecule has 1 aliphatic heterocycles. The van der Waals surface area contributed by atoms with Crippen molar-refractivity contribution in [3.05, 3.63) is 51.0 Å². The van der Waals surface area contributed by atoms with Crippen molar-refractivity contribution in [2.45, 2.75) is 38.8 Å². The largest absolute Gasteiger partial charge is 0.481 e. The van der Waals surface area contributed by atoms with Gasteiger partial charge in [0.1, 0.15) is 5.01 Å². The highest BCUT2D eigenvalue weighted by atomic mass is 32.1. The van der Waals surface area contributed by atoms with E-state index >= 15 is 0 Å². The van der Waals surface area contributed by atoms with Crippen LogP contribution in [0.2, 0.25) is 0 Å². The van der Waals surface area contributed by atoms with Crippen molar-refractivity contribution in [2.24, 2.45) is 5.41 Å². The standard InChI is InChI=1S/C20H23N3O3S/c1-23-7-6-15-16(12-23)27-17(22-15)11-21-19(26)20(10-18(24)25)8-13-4-2-3-5-14(13)9-20/h2-5H,6-12H2,1H3,(H,21,26)(H,24,25). The summed E-state index contributed by atoms with van der Waals surface area (Å²) in [6.45, 7) is 2.26. The summed E-state index contributed by atoms with van der Waals surface area (Å²) in [5, 5.41) is 13.3. The molecule has 0 radical (unpaired) electrons. The van der Waals surface area contributed by atoms with Gasteiger partial charge in [0.25, 0.3) is 0 Å². The second-order valence-corrected chi connectivity index (χ2v) is 8.79. The van der Waals surface area contributed by atoms with E-state index < -0.39 is 11.4 Å². The second kappa shape index (κ2) is 7.05. The van der Waals surface area contributed by atoms with Crippen LogP contribution in [0.25, 0.3) is 0 Å². The van der Waals surface area contributed by atoms with Gasteiger partial charge in [0.2, 0.25) is 5.91 Å². The fourth-order valence-corrected chi connectivity index (χ4v) is 5.28. The van der Waals surface area contributed by atoms with Crippen LogP contribution in [0.3, 0.4) is 0 Å². The Labute approximate surface area is 162 Å². The van der Waals surface area contributed by atoms with Crippen molar-refractivity contribution < 1.29 is 14.7 Å². The van der Waals surface area contributed by atoms with Crippen molar-refractivity contribution in [1.29, 1.82) is 0 Å². The maximum Gasteiger partial charge on any atom is 0.304 e. The molecule has 142 valence electrons. The third kappa shape index (κ3) is 3.61. The zero-order chi connectivity index (χ0) is 19.0. The number of fused-ring (bicyclic) bond motifs is 2. The number of aliphatic carboxylic acids is 1. The molecule has 2 heterocycles. The van der Waals surface area contributed by atoms with Gasteiger partial charge in [-0.1, -0.05) is 24.3 Å². The molecule has 1 aliphatic carbocycles. The molecule has 4 rings (SSSR count). The molecule has 2 aliphatic rings. The molecular weight excluding hydrogens is 362 g/mol. The van der Waals surface area contributed by atoms with Gasteiger partial charge in [0, 0.05) is 24.4 Å². The van der Waals surface area contributed by atoms with Gasteiger partial charge < -0.3 is 15.3 Å². The van der Waals surface area contributed by atoms with Crippen LogP contribution in [-0.4, -0.2) is 40.5 Å². The van der Waals surface area contributed by atoms with Gasteiger partial charge in [-0.05, 0) is 31.0 Å². The molecule has 0 unspecified atom stereocenters. The minimum absolute atomic E-state index is 0.160. The molecule has 0 spiro atoms. The molecule has 1 aromatic carbocycles. The lowest BCUT2D eigenvalue weighted by atomic mass is 9.80. The Bertz CT molecular complexity index is 867. The highest BCUT2D eigenvalue weighted by molar-refractivity contribution is 7.11. The molecule has 2 aromatic rings. The third-order valence-electron chi connectivity index (χ3n) is 5.51. The first-order valence-electron chi connectivity index (χ1n) is 9.18. The fraction of sp³-hybridized carbons (Fsp3) is 0.450. The van der Waals surface area contributed by atoms with Crippen LogP contribution in [0.4, 0.5) is 0 Å². The van der Waals surface area contributed by atoms with E-state index in [1.54, 1.807) is 11.3 Å². The number of amides is 1. The lowest BCUT2D eigenvalue weighted by Crippen LogP contribution is -2.43. The zero-order valence-electron chi connectivity index (χ0n) is 15.3. The summed E-state index contributed by atoms with van der Waals surface area (Å²) in [5.74, 6) is -1.13. The summed E-state index contributed by atoms with van der Waals surface area (Å²) in [6, 6.07) is 7.84. The second-order valence-electron chi connectivity index (χ2n) is 7.62. The quantitative estimate of drug-likeness (QED) is 0.823. The average molecular weight is 385 g/mol. The molecular formula is C20H23N3O3S. The molecule has 27 heavy (non-hydrogen) atoms. The monoisotopic (exact) mass is 385 g/mol. The maximum absolute atomic E-state index is 13.0. The van der Waals surface area contributed by atoms with Gasteiger partial charge in [-0.3, -0.25) is 9.59 Å². The van der Waals surface area contributed by atoms with Crippen LogP contribution < -0.4 is 5.32 Å². The summed E-state index contributed by atoms with van der Waals surface area (Å²) in [5.41, 5.74) is 2.37. The van der Waals surface area contributed by atoms with Gasteiger partial charge >= 0.3 is 5.97 Å². The lowest BCUT2D eigenvalue weighted by molar-refractivity contribution is -0.145. The molecule has 0 saturated carbocycles. The Morgan fingerprint density at radius 3 is 2.67 bits per heavy atom. The number of thiazole rings is 1. The number of hydrogen-bond acceptors (Lipinski definition) is 5. The van der Waals surface area contributed by atoms with E-state index in [4.69, 9.17) is 0 Å². The average Bonchev–Trinajstić information content (AvgIpc) is 3.19. The smallest absolute Gasteiger partial charge is 0.304 e. The molecule has 6 nitrogen and oxygen atoms in total. The van der Waals surface area contributed by atoms with Crippen LogP contribution in [-0.2, 0) is 41.9 Å². The number of carbonyl (C=O) groups excluding carboxylic acids is 1. The maximum atomic E-state index is 13.0. The summed E-state index contributed by atoms with van der Waals surface area (Å²) >= 11 is 1.64. The third-order valence-corrected chi connectivity index (χ3v) is 6.60. The van der Waals surface area contributed by atoms with Gasteiger partial charge in [-0.2, -0.15) is 0 Å². The van der Waals surface area contributed by atoms with Crippen molar-refractivity contribution in [1.82, 2.24) is 15.2 Å². The topological polar surface area (TPSA) is 82.5 Å². The van der Waals surface area contributed by atoms with Crippen molar-refractivity contribution in [2.75, 3.05) is 13.6 Å². The fourth-order valence-electron chi connectivity index (χ4n) is 4.14. The number of carboxylic acid groups (broad SMARTS) is 1. The van der Waals surface area contributed by atoms with Crippen molar-refractivity contribution in [3.8, 4) is 0 Å². The van der Waals surface area contributed by atoms with E-state index in [2.05, 4.69) is 22.2 Å². The van der Waals surface area contributed by atoms with E-state index in [1.165, 1.54) is 4.88 Å². The molecule has 1 amide bonds. The predicted octanol–water partition coefficient (Wildman–Crippen LogP) is 2.01. The highest BCUT2D eigenvalue weighted by Crippen LogP contribution is 2.40. The Kier molecular flexibility index (Phi) is 4.74. The van der Waals surface area contributed by atoms with Crippen LogP contribution in [0, 0.1) is 5.41 Å². The Morgan fingerprint density at radius 1 is 1.30 bits per heavy atom. The first-order valence-corrected chi connectivity index (χ1v) is 10.00. The molecule has 0 atom stereocenters. The van der Waals surface area contributed by atoms with E-state index in [1.807, 2.05) is 24.3 Å². The van der Waals surface area contributed by atoms with Gasteiger partial charge in [0.15, 0.2) is 0 Å². The van der Waals surface area contributed by atoms with Crippen LogP contribution >= 0.6 is 11.3 Å². The summed E-state index contributed by atoms with van der Waals surface area (Å²) in [7, 11) is 2.09. The van der Waals surface area contributed by atoms with E-state index in [0.717, 1.165) is 41.3 Å². The van der Waals surface area contributed by atoms with Crippen LogP contribution in [0.5, 0.6) is 0 Å². The minimum Gasteiger partial charge on any atom is -0.481 e. The zero-order valence-corrected chi connectivity index (χ0v) is 16.1. The number of rotatable bonds is 5. The SMILES string of the molecule is CN1CCc2nc(CNC(=O)C3(CC(=O)O)Cc4ccccc4C3)sc2C1. The summed E-state index contributed by atoms with van der Waals surface area (Å²) < 4.78 is 0. The number of aromatic nitrogens is 1. The Balaban J connectivity index is 1.48. The van der Waals surface area contributed by atoms with E-state index in [-0.39, 0.29) is 12.3 Å². The number of carboxylic acids is 1. The van der Waals surface area contributed by atoms with Crippen molar-refractivity contribution >= 4 is 23.2 Å². The highest BCUT2D eigenvalue weighted by Gasteiger charge is 2.45. The first kappa shape index (κ1) is 18.1. The van der Waals surface area contributed by atoms with E-state index in [9.17, 15) is 14.7 Å². The lowest BCUT2D eigenvalue weighted by Gasteiger charge is -2.25. The normalized spacial score (nSPS) is 18.0. The van der Waals surface area contributed by atoms with Gasteiger partial charge in [-0.25, -0.2) is 4.98 Å². The molecule has 0 bridgehead atoms. The van der Waals surface area contributed by atoms with E-state index in [0.29, 0.717) is 19.4 Å².